The average Bonchev–Trinajstić information content (AvgIpc) is 3.57. The van der Waals surface area contributed by atoms with Crippen molar-refractivity contribution in [2.45, 2.75) is 19.5 Å². The number of nitrogens with zero attached hydrogens (tertiary/aromatic N) is 2. The molecule has 3 heterocycles. The molecule has 0 spiro atoms. The van der Waals surface area contributed by atoms with Crippen LogP contribution in [0.3, 0.4) is 0 Å². The molecule has 0 unspecified atom stereocenters. The largest absolute Gasteiger partial charge is 0.506 e. The van der Waals surface area contributed by atoms with Gasteiger partial charge in [-0.2, -0.15) is 18.3 Å². The highest BCUT2D eigenvalue weighted by Gasteiger charge is 2.30. The molecule has 0 bridgehead atoms. The number of alkyl halides is 3. The number of rotatable bonds is 9. The van der Waals surface area contributed by atoms with Crippen LogP contribution in [0.5, 0.6) is 5.75 Å². The predicted molar refractivity (Wildman–Crippen MR) is 145 cm³/mol. The quantitative estimate of drug-likeness (QED) is 0.192. The third-order valence-corrected chi connectivity index (χ3v) is 8.15. The molecule has 1 fully saturated rings. The van der Waals surface area contributed by atoms with Crippen LogP contribution < -0.4 is 10.7 Å². The Labute approximate surface area is 231 Å². The van der Waals surface area contributed by atoms with Crippen molar-refractivity contribution in [3.63, 3.8) is 0 Å². The summed E-state index contributed by atoms with van der Waals surface area (Å²) in [6.07, 6.45) is -3.63. The Kier molecular flexibility index (Phi) is 9.38. The number of ether oxygens (including phenoxy) is 1. The van der Waals surface area contributed by atoms with Gasteiger partial charge >= 0.3 is 6.18 Å². The number of hydrogen-bond donors (Lipinski definition) is 3. The Hall–Kier alpha value is -3.26. The molecule has 208 valence electrons. The van der Waals surface area contributed by atoms with Gasteiger partial charge in [0.15, 0.2) is 0 Å². The molecule has 8 nitrogen and oxygen atoms in total. The number of halogens is 3. The summed E-state index contributed by atoms with van der Waals surface area (Å²) >= 11 is 2.19. The zero-order valence-electron chi connectivity index (χ0n) is 21.0. The molecule has 2 amide bonds. The number of amides is 2. The van der Waals surface area contributed by atoms with E-state index >= 15 is 0 Å². The van der Waals surface area contributed by atoms with Crippen LogP contribution in [0.15, 0.2) is 46.9 Å². The molecule has 1 saturated heterocycles. The van der Waals surface area contributed by atoms with E-state index in [1.54, 1.807) is 18.4 Å². The first-order chi connectivity index (χ1) is 18.6. The van der Waals surface area contributed by atoms with Crippen LogP contribution in [0.1, 0.15) is 43.8 Å². The van der Waals surface area contributed by atoms with Gasteiger partial charge in [-0.15, -0.1) is 22.7 Å². The van der Waals surface area contributed by atoms with Gasteiger partial charge in [0.05, 0.1) is 44.7 Å². The summed E-state index contributed by atoms with van der Waals surface area (Å²) in [5, 5.41) is 19.2. The monoisotopic (exact) mass is 580 g/mol. The first-order valence-electron chi connectivity index (χ1n) is 12.1. The molecule has 0 radical (unpaired) electrons. The van der Waals surface area contributed by atoms with Crippen molar-refractivity contribution in [3.05, 3.63) is 62.7 Å². The van der Waals surface area contributed by atoms with E-state index in [4.69, 9.17) is 4.74 Å². The summed E-state index contributed by atoms with van der Waals surface area (Å²) < 4.78 is 43.8. The van der Waals surface area contributed by atoms with Crippen molar-refractivity contribution < 1.29 is 32.6 Å². The molecule has 4 rings (SSSR count). The molecule has 3 N–H and O–H groups in total. The number of benzene rings is 1. The van der Waals surface area contributed by atoms with E-state index in [1.807, 2.05) is 0 Å². The van der Waals surface area contributed by atoms with E-state index in [0.717, 1.165) is 74.1 Å². The lowest BCUT2D eigenvalue weighted by Gasteiger charge is -2.26. The SMILES string of the molecule is CC(=NNC(=O)c1ccc(C(=O)NCCCN2CCOCC2)s1)c1csc(-c2ccc(C(F)(F)F)cc2)c1O. The van der Waals surface area contributed by atoms with Gasteiger partial charge in [-0.25, -0.2) is 5.43 Å². The second kappa shape index (κ2) is 12.7. The molecule has 0 aliphatic carbocycles. The number of thiophene rings is 2. The summed E-state index contributed by atoms with van der Waals surface area (Å²) in [7, 11) is 0. The molecule has 39 heavy (non-hydrogen) atoms. The molecule has 0 atom stereocenters. The zero-order chi connectivity index (χ0) is 28.0. The summed E-state index contributed by atoms with van der Waals surface area (Å²) in [6, 6.07) is 7.61. The smallest absolute Gasteiger partial charge is 0.416 e. The van der Waals surface area contributed by atoms with Crippen LogP contribution in [-0.2, 0) is 10.9 Å². The van der Waals surface area contributed by atoms with E-state index in [2.05, 4.69) is 20.7 Å². The normalized spacial score (nSPS) is 14.8. The number of aromatic hydroxyl groups is 1. The van der Waals surface area contributed by atoms with Gasteiger partial charge in [0.25, 0.3) is 11.8 Å². The fraction of sp³-hybridized carbons (Fsp3) is 0.346. The van der Waals surface area contributed by atoms with Crippen molar-refractivity contribution in [1.29, 1.82) is 0 Å². The number of carbonyl (C=O) groups excluding carboxylic acids is 2. The average molecular weight is 581 g/mol. The fourth-order valence-corrected chi connectivity index (χ4v) is 5.70. The predicted octanol–water partition coefficient (Wildman–Crippen LogP) is 4.81. The molecule has 1 aliphatic rings. The van der Waals surface area contributed by atoms with Crippen molar-refractivity contribution in [1.82, 2.24) is 15.6 Å². The van der Waals surface area contributed by atoms with Crippen LogP contribution in [-0.4, -0.2) is 66.9 Å². The summed E-state index contributed by atoms with van der Waals surface area (Å²) in [4.78, 5) is 28.4. The van der Waals surface area contributed by atoms with Crippen LogP contribution in [0, 0.1) is 0 Å². The van der Waals surface area contributed by atoms with Gasteiger partial charge in [0.2, 0.25) is 0 Å². The summed E-state index contributed by atoms with van der Waals surface area (Å²) in [5.41, 5.74) is 2.73. The number of hydrazone groups is 1. The second-order valence-corrected chi connectivity index (χ2v) is 10.7. The van der Waals surface area contributed by atoms with Gasteiger partial charge in [-0.05, 0) is 49.7 Å². The second-order valence-electron chi connectivity index (χ2n) is 8.77. The molecule has 13 heteroatoms. The van der Waals surface area contributed by atoms with Crippen LogP contribution in [0.25, 0.3) is 10.4 Å². The molecular weight excluding hydrogens is 553 g/mol. The summed E-state index contributed by atoms with van der Waals surface area (Å²) in [6.45, 7) is 6.24. The number of nitrogens with one attached hydrogen (secondary N) is 2. The highest BCUT2D eigenvalue weighted by Crippen LogP contribution is 2.40. The van der Waals surface area contributed by atoms with E-state index in [-0.39, 0.29) is 11.7 Å². The maximum atomic E-state index is 12.8. The van der Waals surface area contributed by atoms with Crippen molar-refractivity contribution in [2.75, 3.05) is 39.4 Å². The van der Waals surface area contributed by atoms with E-state index in [0.29, 0.717) is 38.0 Å². The van der Waals surface area contributed by atoms with Gasteiger partial charge in [0, 0.05) is 25.0 Å². The maximum absolute atomic E-state index is 12.8. The maximum Gasteiger partial charge on any atom is 0.416 e. The molecule has 0 saturated carbocycles. The van der Waals surface area contributed by atoms with Crippen LogP contribution >= 0.6 is 22.7 Å². The molecule has 2 aromatic heterocycles. The van der Waals surface area contributed by atoms with Crippen molar-refractivity contribution >= 4 is 40.2 Å². The van der Waals surface area contributed by atoms with Gasteiger partial charge in [-0.1, -0.05) is 12.1 Å². The van der Waals surface area contributed by atoms with Crippen LogP contribution in [0.2, 0.25) is 0 Å². The fourth-order valence-electron chi connectivity index (χ4n) is 3.87. The van der Waals surface area contributed by atoms with E-state index < -0.39 is 17.6 Å². The Morgan fingerprint density at radius 3 is 2.41 bits per heavy atom. The van der Waals surface area contributed by atoms with Gasteiger partial charge in [0.1, 0.15) is 5.75 Å². The van der Waals surface area contributed by atoms with E-state index in [1.165, 1.54) is 18.2 Å². The molecule has 1 aliphatic heterocycles. The molecular formula is C26H27F3N4O4S2. The highest BCUT2D eigenvalue weighted by molar-refractivity contribution is 7.16. The first kappa shape index (κ1) is 28.7. The number of hydrogen-bond acceptors (Lipinski definition) is 8. The van der Waals surface area contributed by atoms with Crippen LogP contribution in [0.4, 0.5) is 13.2 Å². The Balaban J connectivity index is 1.30. The third kappa shape index (κ3) is 7.44. The minimum absolute atomic E-state index is 0.140. The van der Waals surface area contributed by atoms with Gasteiger partial charge in [-0.3, -0.25) is 14.5 Å². The molecule has 1 aromatic carbocycles. The number of carbonyl (C=O) groups is 2. The van der Waals surface area contributed by atoms with E-state index in [9.17, 15) is 27.9 Å². The lowest BCUT2D eigenvalue weighted by molar-refractivity contribution is -0.137. The molecule has 3 aromatic rings. The topological polar surface area (TPSA) is 103 Å². The van der Waals surface area contributed by atoms with Crippen molar-refractivity contribution in [2.24, 2.45) is 5.10 Å². The number of morpholine rings is 1. The minimum atomic E-state index is -4.45. The third-order valence-electron chi connectivity index (χ3n) is 6.05. The van der Waals surface area contributed by atoms with Gasteiger partial charge < -0.3 is 15.2 Å². The Bertz CT molecular complexity index is 1330. The minimum Gasteiger partial charge on any atom is -0.506 e. The lowest BCUT2D eigenvalue weighted by atomic mass is 10.1. The first-order valence-corrected chi connectivity index (χ1v) is 13.8. The summed E-state index contributed by atoms with van der Waals surface area (Å²) in [5.74, 6) is -0.901. The lowest BCUT2D eigenvalue weighted by Crippen LogP contribution is -2.38. The highest BCUT2D eigenvalue weighted by atomic mass is 32.1. The zero-order valence-corrected chi connectivity index (χ0v) is 22.6. The Morgan fingerprint density at radius 2 is 1.74 bits per heavy atom. The van der Waals surface area contributed by atoms with Crippen molar-refractivity contribution in [3.8, 4) is 16.2 Å². The standard InChI is InChI=1S/C26H27F3N4O4S2/c1-16(19-15-38-23(22(19)34)17-3-5-18(6-4-17)26(27,28)29)31-32-25(36)21-8-7-20(39-21)24(35)30-9-2-10-33-11-13-37-14-12-33/h3-8,15,34H,2,9-14H2,1H3,(H,30,35)(H,32,36). The Morgan fingerprint density at radius 1 is 1.08 bits per heavy atom.